The van der Waals surface area contributed by atoms with Crippen LogP contribution in [0, 0.1) is 10.8 Å². The minimum atomic E-state index is 0.317. The van der Waals surface area contributed by atoms with Gasteiger partial charge >= 0.3 is 0 Å². The molecule has 0 aromatic heterocycles. The Balaban J connectivity index is 2.51. The lowest BCUT2D eigenvalue weighted by Crippen LogP contribution is -2.23. The molecule has 0 unspecified atom stereocenters. The van der Waals surface area contributed by atoms with Gasteiger partial charge in [0.15, 0.2) is 0 Å². The summed E-state index contributed by atoms with van der Waals surface area (Å²) in [5, 5.41) is 0. The first-order valence-corrected chi connectivity index (χ1v) is 4.38. The van der Waals surface area contributed by atoms with E-state index in [9.17, 15) is 0 Å². The van der Waals surface area contributed by atoms with E-state index in [2.05, 4.69) is 41.5 Å². The molecule has 0 aromatic carbocycles. The minimum Gasteiger partial charge on any atom is -0.368 e. The van der Waals surface area contributed by atoms with E-state index >= 15 is 0 Å². The monoisotopic (exact) mass is 156 g/mol. The highest BCUT2D eigenvalue weighted by Crippen LogP contribution is 2.46. The lowest BCUT2D eigenvalue weighted by Gasteiger charge is -2.19. The molecule has 2 atom stereocenters. The highest BCUT2D eigenvalue weighted by Gasteiger charge is 2.52. The summed E-state index contributed by atoms with van der Waals surface area (Å²) in [6, 6.07) is 0. The summed E-state index contributed by atoms with van der Waals surface area (Å²) in [6.45, 7) is 13.4. The molecule has 0 radical (unpaired) electrons. The quantitative estimate of drug-likeness (QED) is 0.491. The summed E-state index contributed by atoms with van der Waals surface area (Å²) in [5.74, 6) is 0. The van der Waals surface area contributed by atoms with Gasteiger partial charge in [0.1, 0.15) is 0 Å². The van der Waals surface area contributed by atoms with Crippen molar-refractivity contribution in [3.8, 4) is 0 Å². The number of epoxide rings is 1. The average Bonchev–Trinajstić information content (AvgIpc) is 2.30. The molecule has 1 heterocycles. The van der Waals surface area contributed by atoms with Crippen LogP contribution in [0.2, 0.25) is 0 Å². The summed E-state index contributed by atoms with van der Waals surface area (Å²) in [7, 11) is 0. The predicted octanol–water partition coefficient (Wildman–Crippen LogP) is 2.85. The van der Waals surface area contributed by atoms with Gasteiger partial charge in [-0.1, -0.05) is 41.5 Å². The summed E-state index contributed by atoms with van der Waals surface area (Å²) < 4.78 is 5.65. The number of hydrogen-bond donors (Lipinski definition) is 0. The van der Waals surface area contributed by atoms with Gasteiger partial charge in [-0.05, 0) is 10.8 Å². The lowest BCUT2D eigenvalue weighted by atomic mass is 9.81. The summed E-state index contributed by atoms with van der Waals surface area (Å²) in [6.07, 6.45) is 0.949. The molecule has 0 amide bonds. The van der Waals surface area contributed by atoms with Crippen molar-refractivity contribution in [2.75, 3.05) is 0 Å². The SMILES string of the molecule is CC(C)(C)[C@@H]1O[C@@H]1C(C)(C)C. The van der Waals surface area contributed by atoms with Crippen molar-refractivity contribution in [1.29, 1.82) is 0 Å². The van der Waals surface area contributed by atoms with Gasteiger partial charge in [-0.25, -0.2) is 0 Å². The molecular weight excluding hydrogens is 136 g/mol. The van der Waals surface area contributed by atoms with Crippen molar-refractivity contribution >= 4 is 0 Å². The molecule has 1 rings (SSSR count). The van der Waals surface area contributed by atoms with Gasteiger partial charge in [0.25, 0.3) is 0 Å². The Morgan fingerprint density at radius 2 is 1.00 bits per heavy atom. The van der Waals surface area contributed by atoms with E-state index in [4.69, 9.17) is 4.74 Å². The molecule has 0 bridgehead atoms. The van der Waals surface area contributed by atoms with Gasteiger partial charge in [0.05, 0.1) is 12.2 Å². The Hall–Kier alpha value is -0.0400. The molecule has 66 valence electrons. The molecular formula is C10H20O. The summed E-state index contributed by atoms with van der Waals surface area (Å²) in [5.41, 5.74) is 0.635. The Morgan fingerprint density at radius 3 is 1.09 bits per heavy atom. The van der Waals surface area contributed by atoms with Crippen LogP contribution in [0.15, 0.2) is 0 Å². The van der Waals surface area contributed by atoms with E-state index in [1.165, 1.54) is 0 Å². The molecule has 0 saturated carbocycles. The number of hydrogen-bond acceptors (Lipinski definition) is 1. The van der Waals surface area contributed by atoms with E-state index in [1.54, 1.807) is 0 Å². The Labute approximate surface area is 70.1 Å². The van der Waals surface area contributed by atoms with Crippen LogP contribution < -0.4 is 0 Å². The van der Waals surface area contributed by atoms with E-state index in [-0.39, 0.29) is 0 Å². The largest absolute Gasteiger partial charge is 0.368 e. The fraction of sp³-hybridized carbons (Fsp3) is 1.00. The molecule has 1 fully saturated rings. The van der Waals surface area contributed by atoms with Crippen molar-refractivity contribution < 1.29 is 4.74 Å². The first-order chi connectivity index (χ1) is 4.73. The topological polar surface area (TPSA) is 12.5 Å². The fourth-order valence-electron chi connectivity index (χ4n) is 1.43. The normalized spacial score (nSPS) is 32.2. The molecule has 0 N–H and O–H groups in total. The highest BCUT2D eigenvalue weighted by molar-refractivity contribution is 4.99. The minimum absolute atomic E-state index is 0.317. The molecule has 1 saturated heterocycles. The molecule has 0 spiro atoms. The van der Waals surface area contributed by atoms with Gasteiger partial charge in [-0.3, -0.25) is 0 Å². The van der Waals surface area contributed by atoms with Crippen molar-refractivity contribution in [3.63, 3.8) is 0 Å². The van der Waals surface area contributed by atoms with Crippen molar-refractivity contribution in [1.82, 2.24) is 0 Å². The average molecular weight is 156 g/mol. The number of ether oxygens (including phenoxy) is 1. The maximum absolute atomic E-state index is 5.65. The van der Waals surface area contributed by atoms with Crippen molar-refractivity contribution in [2.45, 2.75) is 53.8 Å². The smallest absolute Gasteiger partial charge is 0.0895 e. The van der Waals surface area contributed by atoms with E-state index < -0.39 is 0 Å². The second-order valence-corrected chi connectivity index (χ2v) is 5.71. The molecule has 1 nitrogen and oxygen atoms in total. The van der Waals surface area contributed by atoms with Gasteiger partial charge in [0, 0.05) is 0 Å². The van der Waals surface area contributed by atoms with Gasteiger partial charge in [-0.2, -0.15) is 0 Å². The molecule has 1 heteroatoms. The van der Waals surface area contributed by atoms with Crippen LogP contribution in [0.5, 0.6) is 0 Å². The van der Waals surface area contributed by atoms with Gasteiger partial charge in [0.2, 0.25) is 0 Å². The third kappa shape index (κ3) is 1.96. The van der Waals surface area contributed by atoms with Crippen molar-refractivity contribution in [3.05, 3.63) is 0 Å². The lowest BCUT2D eigenvalue weighted by molar-refractivity contribution is 0.236. The highest BCUT2D eigenvalue weighted by atomic mass is 16.6. The molecule has 0 aromatic rings. The first-order valence-electron chi connectivity index (χ1n) is 4.38. The zero-order chi connectivity index (χ0) is 8.86. The molecule has 1 aliphatic heterocycles. The maximum atomic E-state index is 5.65. The maximum Gasteiger partial charge on any atom is 0.0895 e. The van der Waals surface area contributed by atoms with Crippen LogP contribution >= 0.6 is 0 Å². The zero-order valence-corrected chi connectivity index (χ0v) is 8.56. The van der Waals surface area contributed by atoms with Crippen LogP contribution in [0.3, 0.4) is 0 Å². The molecule has 1 aliphatic rings. The van der Waals surface area contributed by atoms with E-state index in [0.29, 0.717) is 23.0 Å². The van der Waals surface area contributed by atoms with Crippen LogP contribution in [0.4, 0.5) is 0 Å². The summed E-state index contributed by atoms with van der Waals surface area (Å²) in [4.78, 5) is 0. The first kappa shape index (κ1) is 9.05. The molecule has 11 heavy (non-hydrogen) atoms. The summed E-state index contributed by atoms with van der Waals surface area (Å²) >= 11 is 0. The van der Waals surface area contributed by atoms with Crippen LogP contribution in [0.1, 0.15) is 41.5 Å². The number of rotatable bonds is 0. The fourth-order valence-corrected chi connectivity index (χ4v) is 1.43. The van der Waals surface area contributed by atoms with E-state index in [1.807, 2.05) is 0 Å². The van der Waals surface area contributed by atoms with E-state index in [0.717, 1.165) is 0 Å². The Morgan fingerprint density at radius 1 is 0.727 bits per heavy atom. The van der Waals surface area contributed by atoms with Gasteiger partial charge < -0.3 is 4.74 Å². The zero-order valence-electron chi connectivity index (χ0n) is 8.56. The van der Waals surface area contributed by atoms with Crippen LogP contribution in [0.25, 0.3) is 0 Å². The Bertz CT molecular complexity index is 129. The van der Waals surface area contributed by atoms with Crippen LogP contribution in [-0.4, -0.2) is 12.2 Å². The van der Waals surface area contributed by atoms with Crippen molar-refractivity contribution in [2.24, 2.45) is 10.8 Å². The second kappa shape index (κ2) is 2.22. The third-order valence-corrected chi connectivity index (χ3v) is 2.20. The van der Waals surface area contributed by atoms with Crippen LogP contribution in [-0.2, 0) is 4.74 Å². The van der Waals surface area contributed by atoms with Gasteiger partial charge in [-0.15, -0.1) is 0 Å². The molecule has 0 aliphatic carbocycles. The third-order valence-electron chi connectivity index (χ3n) is 2.20. The Kier molecular flexibility index (Phi) is 1.83. The second-order valence-electron chi connectivity index (χ2n) is 5.71. The standard InChI is InChI=1S/C10H20O/c1-9(2,3)7-8(11-7)10(4,5)6/h7-8H,1-6H3/t7-,8+. The predicted molar refractivity (Wildman–Crippen MR) is 47.6 cm³/mol.